The summed E-state index contributed by atoms with van der Waals surface area (Å²) in [6, 6.07) is 9.45. The van der Waals surface area contributed by atoms with E-state index in [1.54, 1.807) is 7.11 Å². The van der Waals surface area contributed by atoms with Gasteiger partial charge in [-0.2, -0.15) is 0 Å². The molecule has 0 aliphatic carbocycles. The molecule has 4 aliphatic heterocycles. The van der Waals surface area contributed by atoms with Crippen molar-refractivity contribution in [2.45, 2.75) is 24.9 Å². The zero-order valence-corrected chi connectivity index (χ0v) is 20.7. The first-order valence-corrected chi connectivity index (χ1v) is 11.1. The van der Waals surface area contributed by atoms with Crippen molar-refractivity contribution in [3.05, 3.63) is 29.8 Å². The predicted octanol–water partition coefficient (Wildman–Crippen LogP) is 1.61. The molecular formula is C22H37IN6O. The van der Waals surface area contributed by atoms with Crippen molar-refractivity contribution in [1.29, 1.82) is 0 Å². The number of hydrogen-bond donors (Lipinski definition) is 2. The Labute approximate surface area is 198 Å². The number of guanidine groups is 1. The number of likely N-dealkylation sites (tertiary alicyclic amines) is 1. The molecule has 2 bridgehead atoms. The fourth-order valence-corrected chi connectivity index (χ4v) is 4.88. The van der Waals surface area contributed by atoms with Crippen LogP contribution in [0.15, 0.2) is 29.3 Å². The number of nitrogens with one attached hydrogen (secondary N) is 2. The summed E-state index contributed by atoms with van der Waals surface area (Å²) in [5.74, 6) is 1.81. The summed E-state index contributed by atoms with van der Waals surface area (Å²) in [4.78, 5) is 12.3. The highest BCUT2D eigenvalue weighted by atomic mass is 127. The molecule has 1 aromatic rings. The van der Waals surface area contributed by atoms with Gasteiger partial charge in [-0.25, -0.2) is 0 Å². The van der Waals surface area contributed by atoms with Crippen molar-refractivity contribution in [2.75, 3.05) is 73.1 Å². The van der Waals surface area contributed by atoms with Gasteiger partial charge in [-0.1, -0.05) is 12.1 Å². The Bertz CT molecular complexity index is 671. The van der Waals surface area contributed by atoms with Gasteiger partial charge in [0.05, 0.1) is 13.2 Å². The Morgan fingerprint density at radius 3 is 2.33 bits per heavy atom. The van der Waals surface area contributed by atoms with Crippen LogP contribution in [0.4, 0.5) is 0 Å². The molecule has 4 fully saturated rings. The van der Waals surface area contributed by atoms with Gasteiger partial charge in [0.15, 0.2) is 5.96 Å². The smallest absolute Gasteiger partial charge is 0.191 e. The maximum atomic E-state index is 5.33. The Balaban J connectivity index is 0.00000256. The lowest BCUT2D eigenvalue weighted by Crippen LogP contribution is -2.63. The van der Waals surface area contributed by atoms with Crippen molar-refractivity contribution >= 4 is 29.9 Å². The average molecular weight is 528 g/mol. The monoisotopic (exact) mass is 528 g/mol. The predicted molar refractivity (Wildman–Crippen MR) is 133 cm³/mol. The van der Waals surface area contributed by atoms with Crippen LogP contribution in [0.3, 0.4) is 0 Å². The van der Waals surface area contributed by atoms with Crippen molar-refractivity contribution < 1.29 is 4.74 Å². The lowest BCUT2D eigenvalue weighted by atomic mass is 10.1. The molecule has 1 aromatic carbocycles. The molecule has 8 heteroatoms. The van der Waals surface area contributed by atoms with Gasteiger partial charge in [-0.3, -0.25) is 19.7 Å². The fourth-order valence-electron chi connectivity index (χ4n) is 4.88. The summed E-state index contributed by atoms with van der Waals surface area (Å²) in [6.45, 7) is 10.2. The third-order valence-electron chi connectivity index (χ3n) is 6.67. The molecule has 30 heavy (non-hydrogen) atoms. The first kappa shape index (κ1) is 23.6. The zero-order chi connectivity index (χ0) is 20.1. The molecule has 0 saturated carbocycles. The van der Waals surface area contributed by atoms with Gasteiger partial charge in [-0.15, -0.1) is 24.0 Å². The SMILES string of the molecule is CN=C(NCC1CN2CCN1CC2)NCC(c1ccc(OC)cc1)N1CCCC1.I. The van der Waals surface area contributed by atoms with Gasteiger partial charge < -0.3 is 15.4 Å². The number of hydrogen-bond acceptors (Lipinski definition) is 5. The summed E-state index contributed by atoms with van der Waals surface area (Å²) in [5, 5.41) is 7.16. The Morgan fingerprint density at radius 1 is 1.07 bits per heavy atom. The van der Waals surface area contributed by atoms with Crippen LogP contribution < -0.4 is 15.4 Å². The van der Waals surface area contributed by atoms with E-state index in [0.29, 0.717) is 12.1 Å². The number of benzene rings is 1. The Kier molecular flexibility index (Phi) is 9.03. The van der Waals surface area contributed by atoms with Crippen LogP contribution in [0.2, 0.25) is 0 Å². The number of nitrogens with zero attached hydrogens (tertiary/aromatic N) is 4. The highest BCUT2D eigenvalue weighted by molar-refractivity contribution is 14.0. The summed E-state index contributed by atoms with van der Waals surface area (Å²) in [7, 11) is 3.58. The fraction of sp³-hybridized carbons (Fsp3) is 0.682. The maximum Gasteiger partial charge on any atom is 0.191 e. The molecule has 4 heterocycles. The quantitative estimate of drug-likeness (QED) is 0.319. The molecule has 168 valence electrons. The van der Waals surface area contributed by atoms with Gasteiger partial charge in [-0.05, 0) is 43.6 Å². The van der Waals surface area contributed by atoms with E-state index in [9.17, 15) is 0 Å². The molecule has 0 aromatic heterocycles. The van der Waals surface area contributed by atoms with Gasteiger partial charge in [0.2, 0.25) is 0 Å². The molecular weight excluding hydrogens is 491 g/mol. The van der Waals surface area contributed by atoms with Crippen molar-refractivity contribution in [3.8, 4) is 5.75 Å². The van der Waals surface area contributed by atoms with E-state index in [4.69, 9.17) is 4.74 Å². The van der Waals surface area contributed by atoms with E-state index in [-0.39, 0.29) is 24.0 Å². The van der Waals surface area contributed by atoms with E-state index in [0.717, 1.165) is 37.9 Å². The van der Waals surface area contributed by atoms with Crippen molar-refractivity contribution in [1.82, 2.24) is 25.3 Å². The van der Waals surface area contributed by atoms with Crippen molar-refractivity contribution in [3.63, 3.8) is 0 Å². The first-order chi connectivity index (χ1) is 14.3. The van der Waals surface area contributed by atoms with Gasteiger partial charge in [0.25, 0.3) is 0 Å². The van der Waals surface area contributed by atoms with E-state index in [2.05, 4.69) is 54.6 Å². The molecule has 5 rings (SSSR count). The molecule has 0 spiro atoms. The van der Waals surface area contributed by atoms with E-state index in [1.807, 2.05) is 7.05 Å². The van der Waals surface area contributed by atoms with E-state index in [1.165, 1.54) is 51.1 Å². The van der Waals surface area contributed by atoms with Crippen LogP contribution >= 0.6 is 24.0 Å². The molecule has 2 N–H and O–H groups in total. The van der Waals surface area contributed by atoms with Gasteiger partial charge >= 0.3 is 0 Å². The van der Waals surface area contributed by atoms with Crippen LogP contribution in [-0.4, -0.2) is 99.8 Å². The number of halogens is 1. The van der Waals surface area contributed by atoms with Crippen molar-refractivity contribution in [2.24, 2.45) is 4.99 Å². The number of rotatable bonds is 7. The number of methoxy groups -OCH3 is 1. The molecule has 2 unspecified atom stereocenters. The molecule has 4 aliphatic rings. The van der Waals surface area contributed by atoms with Crippen LogP contribution in [0.5, 0.6) is 5.75 Å². The minimum absolute atomic E-state index is 0. The first-order valence-electron chi connectivity index (χ1n) is 11.1. The topological polar surface area (TPSA) is 55.4 Å². The normalized spacial score (nSPS) is 27.4. The van der Waals surface area contributed by atoms with E-state index < -0.39 is 0 Å². The van der Waals surface area contributed by atoms with Crippen LogP contribution in [0.1, 0.15) is 24.4 Å². The number of fused-ring (bicyclic) bond motifs is 3. The van der Waals surface area contributed by atoms with Crippen LogP contribution in [0.25, 0.3) is 0 Å². The zero-order valence-electron chi connectivity index (χ0n) is 18.3. The van der Waals surface area contributed by atoms with Gasteiger partial charge in [0.1, 0.15) is 5.75 Å². The highest BCUT2D eigenvalue weighted by Gasteiger charge is 2.31. The molecule has 0 radical (unpaired) electrons. The van der Waals surface area contributed by atoms with E-state index >= 15 is 0 Å². The maximum absolute atomic E-state index is 5.33. The summed E-state index contributed by atoms with van der Waals surface area (Å²) >= 11 is 0. The van der Waals surface area contributed by atoms with Crippen LogP contribution in [0, 0.1) is 0 Å². The highest BCUT2D eigenvalue weighted by Crippen LogP contribution is 2.26. The third kappa shape index (κ3) is 5.77. The second-order valence-corrected chi connectivity index (χ2v) is 8.36. The standard InChI is InChI=1S/C22H36N6O.HI/c1-23-22(24-15-19-17-26-11-13-27(19)14-12-26)25-16-21(28-9-3-4-10-28)18-5-7-20(29-2)8-6-18;/h5-8,19,21H,3-4,9-17H2,1-2H3,(H2,23,24,25);1H. The summed E-state index contributed by atoms with van der Waals surface area (Å²) in [6.07, 6.45) is 2.57. The third-order valence-corrected chi connectivity index (χ3v) is 6.67. The lowest BCUT2D eigenvalue weighted by Gasteiger charge is -2.47. The average Bonchev–Trinajstić information content (AvgIpc) is 3.32. The largest absolute Gasteiger partial charge is 0.497 e. The summed E-state index contributed by atoms with van der Waals surface area (Å²) < 4.78 is 5.33. The van der Waals surface area contributed by atoms with Crippen LogP contribution in [-0.2, 0) is 0 Å². The second-order valence-electron chi connectivity index (χ2n) is 8.36. The summed E-state index contributed by atoms with van der Waals surface area (Å²) in [5.41, 5.74) is 1.33. The minimum atomic E-state index is 0. The number of aliphatic imine (C=N–C) groups is 1. The lowest BCUT2D eigenvalue weighted by molar-refractivity contribution is 0.0154. The Hall–Kier alpha value is -1.10. The molecule has 2 atom stereocenters. The number of ether oxygens (including phenoxy) is 1. The minimum Gasteiger partial charge on any atom is -0.497 e. The molecule has 4 saturated heterocycles. The Morgan fingerprint density at radius 2 is 1.77 bits per heavy atom. The van der Waals surface area contributed by atoms with Gasteiger partial charge in [0, 0.05) is 58.9 Å². The second kappa shape index (κ2) is 11.5. The molecule has 0 amide bonds. The number of piperazine rings is 3. The molecule has 7 nitrogen and oxygen atoms in total.